The number of pyridine rings is 1. The average molecular weight is 212 g/mol. The van der Waals surface area contributed by atoms with Crippen molar-refractivity contribution in [2.24, 2.45) is 0 Å². The zero-order chi connectivity index (χ0) is 11.3. The Morgan fingerprint density at radius 1 is 1.67 bits per heavy atom. The Bertz CT molecular complexity index is 342. The van der Waals surface area contributed by atoms with Crippen LogP contribution in [0.1, 0.15) is 19.8 Å². The van der Waals surface area contributed by atoms with Crippen molar-refractivity contribution in [1.29, 1.82) is 0 Å². The van der Waals surface area contributed by atoms with Gasteiger partial charge in [-0.1, -0.05) is 6.07 Å². The Labute approximate surface area is 87.1 Å². The Morgan fingerprint density at radius 2 is 2.40 bits per heavy atom. The number of carbonyl (C=O) groups excluding carboxylic acids is 1. The van der Waals surface area contributed by atoms with Gasteiger partial charge in [-0.25, -0.2) is 4.98 Å². The summed E-state index contributed by atoms with van der Waals surface area (Å²) in [5, 5.41) is 11.4. The van der Waals surface area contributed by atoms with Gasteiger partial charge in [0.2, 0.25) is 11.9 Å². The molecule has 0 aliphatic rings. The first-order chi connectivity index (χ1) is 7.08. The van der Waals surface area contributed by atoms with E-state index in [1.54, 1.807) is 6.92 Å². The predicted molar refractivity (Wildman–Crippen MR) is 53.7 cm³/mol. The van der Waals surface area contributed by atoms with Crippen LogP contribution >= 0.6 is 0 Å². The van der Waals surface area contributed by atoms with E-state index in [0.29, 0.717) is 6.42 Å². The number of hydrogen-bond acceptors (Lipinski definition) is 3. The van der Waals surface area contributed by atoms with Gasteiger partial charge in [0, 0.05) is 6.42 Å². The second-order valence-corrected chi connectivity index (χ2v) is 3.28. The van der Waals surface area contributed by atoms with Gasteiger partial charge < -0.3 is 10.4 Å². The quantitative estimate of drug-likeness (QED) is 0.740. The summed E-state index contributed by atoms with van der Waals surface area (Å²) in [4.78, 5) is 14.7. The summed E-state index contributed by atoms with van der Waals surface area (Å²) in [5.74, 6) is -0.733. The van der Waals surface area contributed by atoms with Gasteiger partial charge in [0.25, 0.3) is 0 Å². The minimum absolute atomic E-state index is 0.186. The average Bonchev–Trinajstić information content (AvgIpc) is 2.15. The van der Waals surface area contributed by atoms with E-state index in [9.17, 15) is 9.18 Å². The fraction of sp³-hybridized carbons (Fsp3) is 0.400. The highest BCUT2D eigenvalue weighted by Crippen LogP contribution is 2.05. The van der Waals surface area contributed by atoms with Crippen LogP contribution in [0.2, 0.25) is 0 Å². The SMILES string of the molecule is CC(O)CCC(=O)Nc1cccc(F)n1. The number of aromatic nitrogens is 1. The summed E-state index contributed by atoms with van der Waals surface area (Å²) in [7, 11) is 0. The summed E-state index contributed by atoms with van der Waals surface area (Å²) in [6.45, 7) is 1.60. The lowest BCUT2D eigenvalue weighted by molar-refractivity contribution is -0.116. The summed E-state index contributed by atoms with van der Waals surface area (Å²) >= 11 is 0. The first-order valence-electron chi connectivity index (χ1n) is 4.68. The van der Waals surface area contributed by atoms with E-state index in [0.717, 1.165) is 0 Å². The van der Waals surface area contributed by atoms with Crippen molar-refractivity contribution in [3.05, 3.63) is 24.1 Å². The van der Waals surface area contributed by atoms with Crippen LogP contribution in [0.3, 0.4) is 0 Å². The zero-order valence-corrected chi connectivity index (χ0v) is 8.40. The number of carbonyl (C=O) groups is 1. The molecular formula is C10H13FN2O2. The first kappa shape index (κ1) is 11.6. The van der Waals surface area contributed by atoms with E-state index in [1.165, 1.54) is 18.2 Å². The van der Waals surface area contributed by atoms with Crippen LogP contribution in [0.5, 0.6) is 0 Å². The molecule has 1 unspecified atom stereocenters. The number of nitrogens with zero attached hydrogens (tertiary/aromatic N) is 1. The van der Waals surface area contributed by atoms with E-state index >= 15 is 0 Å². The van der Waals surface area contributed by atoms with Crippen LogP contribution in [-0.2, 0) is 4.79 Å². The van der Waals surface area contributed by atoms with Crippen molar-refractivity contribution >= 4 is 11.7 Å². The second kappa shape index (κ2) is 5.41. The smallest absolute Gasteiger partial charge is 0.225 e. The van der Waals surface area contributed by atoms with Gasteiger partial charge in [-0.15, -0.1) is 0 Å². The van der Waals surface area contributed by atoms with E-state index < -0.39 is 12.1 Å². The van der Waals surface area contributed by atoms with Gasteiger partial charge in [-0.2, -0.15) is 4.39 Å². The second-order valence-electron chi connectivity index (χ2n) is 3.28. The maximum Gasteiger partial charge on any atom is 0.225 e. The summed E-state index contributed by atoms with van der Waals surface area (Å²) in [6, 6.07) is 4.17. The van der Waals surface area contributed by atoms with Crippen molar-refractivity contribution in [3.8, 4) is 0 Å². The molecule has 1 atom stereocenters. The Kier molecular flexibility index (Phi) is 4.17. The zero-order valence-electron chi connectivity index (χ0n) is 8.40. The van der Waals surface area contributed by atoms with E-state index in [-0.39, 0.29) is 18.1 Å². The molecular weight excluding hydrogens is 199 g/mol. The molecule has 0 radical (unpaired) electrons. The molecule has 0 aromatic carbocycles. The molecule has 0 saturated heterocycles. The number of hydrogen-bond donors (Lipinski definition) is 2. The van der Waals surface area contributed by atoms with Gasteiger partial charge in [-0.05, 0) is 25.5 Å². The van der Waals surface area contributed by atoms with Crippen LogP contribution < -0.4 is 5.32 Å². The topological polar surface area (TPSA) is 62.2 Å². The lowest BCUT2D eigenvalue weighted by Crippen LogP contribution is -2.15. The standard InChI is InChI=1S/C10H13FN2O2/c1-7(14)5-6-10(15)13-9-4-2-3-8(11)12-9/h2-4,7,14H,5-6H2,1H3,(H,12,13,15). The van der Waals surface area contributed by atoms with Crippen molar-refractivity contribution < 1.29 is 14.3 Å². The number of rotatable bonds is 4. The molecule has 0 spiro atoms. The van der Waals surface area contributed by atoms with Gasteiger partial charge >= 0.3 is 0 Å². The van der Waals surface area contributed by atoms with Crippen LogP contribution in [0.4, 0.5) is 10.2 Å². The largest absolute Gasteiger partial charge is 0.393 e. The van der Waals surface area contributed by atoms with Crippen molar-refractivity contribution in [2.45, 2.75) is 25.9 Å². The fourth-order valence-electron chi connectivity index (χ4n) is 1.02. The molecule has 4 nitrogen and oxygen atoms in total. The van der Waals surface area contributed by atoms with Gasteiger partial charge in [0.1, 0.15) is 5.82 Å². The molecule has 0 saturated carbocycles. The minimum atomic E-state index is -0.636. The van der Waals surface area contributed by atoms with Crippen LogP contribution in [0.15, 0.2) is 18.2 Å². The molecule has 0 aliphatic carbocycles. The van der Waals surface area contributed by atoms with E-state index in [4.69, 9.17) is 5.11 Å². The fourth-order valence-corrected chi connectivity index (χ4v) is 1.02. The molecule has 0 fully saturated rings. The number of halogens is 1. The maximum absolute atomic E-state index is 12.6. The summed E-state index contributed by atoms with van der Waals surface area (Å²) in [6.07, 6.45) is 0.0491. The Morgan fingerprint density at radius 3 is 3.00 bits per heavy atom. The van der Waals surface area contributed by atoms with Gasteiger partial charge in [0.05, 0.1) is 6.10 Å². The molecule has 1 aromatic heterocycles. The maximum atomic E-state index is 12.6. The monoisotopic (exact) mass is 212 g/mol. The number of amides is 1. The van der Waals surface area contributed by atoms with E-state index in [2.05, 4.69) is 10.3 Å². The van der Waals surface area contributed by atoms with Crippen LogP contribution in [-0.4, -0.2) is 22.1 Å². The molecule has 1 rings (SSSR count). The third-order valence-corrected chi connectivity index (χ3v) is 1.77. The van der Waals surface area contributed by atoms with E-state index in [1.807, 2.05) is 0 Å². The molecule has 15 heavy (non-hydrogen) atoms. The molecule has 5 heteroatoms. The number of aliphatic hydroxyl groups is 1. The van der Waals surface area contributed by atoms with Crippen LogP contribution in [0.25, 0.3) is 0 Å². The van der Waals surface area contributed by atoms with Crippen LogP contribution in [0, 0.1) is 5.95 Å². The molecule has 82 valence electrons. The predicted octanol–water partition coefficient (Wildman–Crippen LogP) is 1.32. The molecule has 0 bridgehead atoms. The third kappa shape index (κ3) is 4.51. The number of nitrogens with one attached hydrogen (secondary N) is 1. The number of anilines is 1. The first-order valence-corrected chi connectivity index (χ1v) is 4.68. The lowest BCUT2D eigenvalue weighted by atomic mass is 10.2. The normalized spacial score (nSPS) is 12.2. The summed E-state index contributed by atoms with van der Waals surface area (Å²) in [5.41, 5.74) is 0. The Hall–Kier alpha value is -1.49. The summed E-state index contributed by atoms with van der Waals surface area (Å²) < 4.78 is 12.6. The molecule has 1 heterocycles. The molecule has 1 aromatic rings. The highest BCUT2D eigenvalue weighted by molar-refractivity contribution is 5.89. The van der Waals surface area contributed by atoms with Crippen molar-refractivity contribution in [1.82, 2.24) is 4.98 Å². The molecule has 0 aliphatic heterocycles. The highest BCUT2D eigenvalue weighted by Gasteiger charge is 2.05. The Balaban J connectivity index is 2.44. The van der Waals surface area contributed by atoms with Gasteiger partial charge in [-0.3, -0.25) is 4.79 Å². The molecule has 1 amide bonds. The van der Waals surface area contributed by atoms with Gasteiger partial charge in [0.15, 0.2) is 0 Å². The molecule has 2 N–H and O–H groups in total. The van der Waals surface area contributed by atoms with Crippen molar-refractivity contribution in [3.63, 3.8) is 0 Å². The van der Waals surface area contributed by atoms with Crippen molar-refractivity contribution in [2.75, 3.05) is 5.32 Å². The highest BCUT2D eigenvalue weighted by atomic mass is 19.1. The number of aliphatic hydroxyl groups excluding tert-OH is 1. The minimum Gasteiger partial charge on any atom is -0.393 e. The third-order valence-electron chi connectivity index (χ3n) is 1.77. The lowest BCUT2D eigenvalue weighted by Gasteiger charge is -2.05.